The maximum atomic E-state index is 6.43. The zero-order chi connectivity index (χ0) is 18.1. The predicted molar refractivity (Wildman–Crippen MR) is 111 cm³/mol. The van der Waals surface area contributed by atoms with Crippen LogP contribution >= 0.6 is 6.42 Å². The highest BCUT2D eigenvalue weighted by Gasteiger charge is 2.38. The van der Waals surface area contributed by atoms with Crippen LogP contribution in [-0.4, -0.2) is 37.8 Å². The first-order valence-electron chi connectivity index (χ1n) is 9.07. The highest BCUT2D eigenvalue weighted by Crippen LogP contribution is 2.56. The second-order valence-electron chi connectivity index (χ2n) is 6.94. The van der Waals surface area contributed by atoms with E-state index in [1.165, 1.54) is 25.7 Å². The van der Waals surface area contributed by atoms with Crippen molar-refractivity contribution in [3.05, 3.63) is 42.4 Å². The Kier molecular flexibility index (Phi) is 4.91. The van der Waals surface area contributed by atoms with Crippen LogP contribution in [0.4, 0.5) is 11.4 Å². The first-order valence-corrected chi connectivity index (χ1v) is 11.7. The second-order valence-corrected chi connectivity index (χ2v) is 10.7. The summed E-state index contributed by atoms with van der Waals surface area (Å²) in [6, 6.07) is 10.0. The summed E-state index contributed by atoms with van der Waals surface area (Å²) in [5.41, 5.74) is 2.01. The van der Waals surface area contributed by atoms with Crippen LogP contribution in [0.5, 0.6) is 0 Å². The third-order valence-corrected chi connectivity index (χ3v) is 8.96. The van der Waals surface area contributed by atoms with Crippen molar-refractivity contribution in [3.63, 3.8) is 0 Å². The summed E-state index contributed by atoms with van der Waals surface area (Å²) in [6.45, 7) is 1.97. The van der Waals surface area contributed by atoms with Gasteiger partial charge in [-0.3, -0.25) is 0 Å². The van der Waals surface area contributed by atoms with Crippen LogP contribution in [0.15, 0.2) is 46.0 Å². The van der Waals surface area contributed by atoms with Crippen LogP contribution in [0.25, 0.3) is 0 Å². The summed E-state index contributed by atoms with van der Waals surface area (Å²) in [5.74, 6) is 1.14. The van der Waals surface area contributed by atoms with Gasteiger partial charge in [0.2, 0.25) is 6.42 Å². The van der Waals surface area contributed by atoms with Crippen molar-refractivity contribution in [1.82, 2.24) is 4.67 Å². The molecular weight excluding hydrogens is 365 g/mol. The largest absolute Gasteiger partial charge is 0.459 e. The fourth-order valence-corrected chi connectivity index (χ4v) is 6.97. The van der Waals surface area contributed by atoms with E-state index in [0.29, 0.717) is 11.7 Å². The van der Waals surface area contributed by atoms with Crippen molar-refractivity contribution >= 4 is 40.8 Å². The number of furan rings is 1. The van der Waals surface area contributed by atoms with Crippen LogP contribution in [-0.2, 0) is 16.3 Å². The van der Waals surface area contributed by atoms with E-state index < -0.39 is 6.42 Å². The highest BCUT2D eigenvalue weighted by atomic mass is 32.4. The number of hydrogen-bond donors (Lipinski definition) is 0. The van der Waals surface area contributed by atoms with Gasteiger partial charge in [-0.1, -0.05) is 12.8 Å². The SMILES string of the molecule is CN(C)c1ccc2c(c1)N=C(c1ccco1)OP2(=S)N1CCCCCC1. The van der Waals surface area contributed by atoms with Gasteiger partial charge in [-0.2, -0.15) is 0 Å². The number of fused-ring (bicyclic) bond motifs is 1. The standard InChI is InChI=1S/C19H24N3O2PS/c1-21(2)15-9-10-18-16(14-15)20-19(17-8-7-13-23-17)24-25(18,26)22-11-5-3-4-6-12-22/h7-10,13-14H,3-6,11-12H2,1-2H3. The second kappa shape index (κ2) is 7.18. The molecule has 1 saturated heterocycles. The molecule has 0 saturated carbocycles. The van der Waals surface area contributed by atoms with E-state index in [-0.39, 0.29) is 0 Å². The van der Waals surface area contributed by atoms with Gasteiger partial charge in [-0.05, 0) is 55.0 Å². The van der Waals surface area contributed by atoms with Gasteiger partial charge in [-0.25, -0.2) is 9.66 Å². The molecule has 0 spiro atoms. The number of aliphatic imine (C=N–C) groups is 1. The lowest BCUT2D eigenvalue weighted by atomic mass is 10.2. The molecule has 0 amide bonds. The van der Waals surface area contributed by atoms with Crippen LogP contribution in [0, 0.1) is 0 Å². The Bertz CT molecular complexity index is 856. The molecule has 1 fully saturated rings. The Labute approximate surface area is 159 Å². The van der Waals surface area contributed by atoms with E-state index in [1.807, 2.05) is 26.2 Å². The van der Waals surface area contributed by atoms with Crippen LogP contribution in [0.1, 0.15) is 31.4 Å². The quantitative estimate of drug-likeness (QED) is 0.734. The molecule has 1 aromatic heterocycles. The van der Waals surface area contributed by atoms with Gasteiger partial charge < -0.3 is 13.8 Å². The van der Waals surface area contributed by atoms with E-state index in [2.05, 4.69) is 27.8 Å². The van der Waals surface area contributed by atoms with Crippen molar-refractivity contribution in [2.45, 2.75) is 25.7 Å². The average Bonchev–Trinajstić information content (AvgIpc) is 3.03. The van der Waals surface area contributed by atoms with E-state index in [0.717, 1.165) is 29.8 Å². The van der Waals surface area contributed by atoms with Crippen LogP contribution in [0.3, 0.4) is 0 Å². The van der Waals surface area contributed by atoms with Crippen molar-refractivity contribution in [3.8, 4) is 0 Å². The maximum Gasteiger partial charge on any atom is 0.262 e. The van der Waals surface area contributed by atoms with Crippen LogP contribution < -0.4 is 10.2 Å². The van der Waals surface area contributed by atoms with Gasteiger partial charge in [0, 0.05) is 32.9 Å². The first-order chi connectivity index (χ1) is 12.6. The molecule has 0 aliphatic carbocycles. The summed E-state index contributed by atoms with van der Waals surface area (Å²) in [5, 5.41) is 1.05. The van der Waals surface area contributed by atoms with Crippen LogP contribution in [0.2, 0.25) is 0 Å². The molecule has 0 radical (unpaired) electrons. The average molecular weight is 389 g/mol. The lowest BCUT2D eigenvalue weighted by Crippen LogP contribution is -2.32. The van der Waals surface area contributed by atoms with Gasteiger partial charge in [0.05, 0.1) is 17.3 Å². The summed E-state index contributed by atoms with van der Waals surface area (Å²) in [7, 11) is 4.06. The van der Waals surface area contributed by atoms with Crippen molar-refractivity contribution in [2.75, 3.05) is 32.1 Å². The number of hydrogen-bond acceptors (Lipinski definition) is 5. The van der Waals surface area contributed by atoms with Gasteiger partial charge in [-0.15, -0.1) is 0 Å². The summed E-state index contributed by atoms with van der Waals surface area (Å²) in [6.07, 6.45) is 4.10. The lowest BCUT2D eigenvalue weighted by molar-refractivity contribution is 0.419. The predicted octanol–water partition coefficient (Wildman–Crippen LogP) is 4.26. The minimum absolute atomic E-state index is 0.506. The summed E-state index contributed by atoms with van der Waals surface area (Å²) >= 11 is 6.23. The van der Waals surface area contributed by atoms with Gasteiger partial charge in [0.1, 0.15) is 0 Å². The third kappa shape index (κ3) is 3.22. The number of anilines is 1. The smallest absolute Gasteiger partial charge is 0.262 e. The fourth-order valence-electron chi connectivity index (χ4n) is 3.44. The molecule has 7 heteroatoms. The lowest BCUT2D eigenvalue weighted by Gasteiger charge is -2.37. The van der Waals surface area contributed by atoms with Crippen molar-refractivity contribution in [2.24, 2.45) is 4.99 Å². The maximum absolute atomic E-state index is 6.43. The van der Waals surface area contributed by atoms with E-state index in [1.54, 1.807) is 6.26 Å². The molecule has 1 atom stereocenters. The van der Waals surface area contributed by atoms with Gasteiger partial charge in [0.25, 0.3) is 5.90 Å². The molecular formula is C19H24N3O2PS. The molecule has 0 bridgehead atoms. The molecule has 138 valence electrons. The fraction of sp³-hybridized carbons (Fsp3) is 0.421. The van der Waals surface area contributed by atoms with Gasteiger partial charge >= 0.3 is 0 Å². The third-order valence-electron chi connectivity index (χ3n) is 4.90. The zero-order valence-corrected chi connectivity index (χ0v) is 16.9. The number of benzene rings is 1. The molecule has 2 aromatic rings. The Morgan fingerprint density at radius 1 is 1.12 bits per heavy atom. The Hall–Kier alpha value is -1.62. The number of rotatable bonds is 3. The first kappa shape index (κ1) is 17.8. The van der Waals surface area contributed by atoms with Crippen molar-refractivity contribution < 1.29 is 8.94 Å². The van der Waals surface area contributed by atoms with E-state index in [4.69, 9.17) is 25.7 Å². The minimum Gasteiger partial charge on any atom is -0.459 e. The molecule has 26 heavy (non-hydrogen) atoms. The van der Waals surface area contributed by atoms with Crippen molar-refractivity contribution in [1.29, 1.82) is 0 Å². The molecule has 0 N–H and O–H groups in total. The van der Waals surface area contributed by atoms with E-state index in [9.17, 15) is 0 Å². The molecule has 2 aliphatic rings. The Balaban J connectivity index is 1.83. The van der Waals surface area contributed by atoms with E-state index >= 15 is 0 Å². The summed E-state index contributed by atoms with van der Waals surface area (Å²) < 4.78 is 14.4. The summed E-state index contributed by atoms with van der Waals surface area (Å²) in [4.78, 5) is 6.83. The molecule has 1 aromatic carbocycles. The van der Waals surface area contributed by atoms with Gasteiger partial charge in [0.15, 0.2) is 5.76 Å². The molecule has 3 heterocycles. The highest BCUT2D eigenvalue weighted by molar-refractivity contribution is 8.15. The molecule has 5 nitrogen and oxygen atoms in total. The monoisotopic (exact) mass is 389 g/mol. The molecule has 1 unspecified atom stereocenters. The minimum atomic E-state index is -2.40. The number of nitrogens with zero attached hydrogens (tertiary/aromatic N) is 3. The molecule has 2 aliphatic heterocycles. The Morgan fingerprint density at radius 3 is 2.54 bits per heavy atom. The molecule has 4 rings (SSSR count). The normalized spacial score (nSPS) is 23.5. The zero-order valence-electron chi connectivity index (χ0n) is 15.2. The topological polar surface area (TPSA) is 41.2 Å². The Morgan fingerprint density at radius 2 is 1.88 bits per heavy atom.